The lowest BCUT2D eigenvalue weighted by Crippen LogP contribution is -2.24. The van der Waals surface area contributed by atoms with Crippen LogP contribution in [0.3, 0.4) is 0 Å². The van der Waals surface area contributed by atoms with Crippen molar-refractivity contribution in [3.8, 4) is 0 Å². The van der Waals surface area contributed by atoms with Crippen LogP contribution in [0.2, 0.25) is 0 Å². The molecule has 1 rings (SSSR count). The highest BCUT2D eigenvalue weighted by atomic mass is 32.1. The van der Waals surface area contributed by atoms with Gasteiger partial charge in [-0.3, -0.25) is 0 Å². The van der Waals surface area contributed by atoms with Gasteiger partial charge >= 0.3 is 0 Å². The Balaban J connectivity index is 2.96. The fraction of sp³-hybridized carbons (Fsp3) is 0.462. The molecular formula is C13H19FN2S. The van der Waals surface area contributed by atoms with E-state index in [4.69, 9.17) is 18.0 Å². The third-order valence-electron chi connectivity index (χ3n) is 2.69. The van der Waals surface area contributed by atoms with Gasteiger partial charge in [0.25, 0.3) is 0 Å². The Labute approximate surface area is 108 Å². The largest absolute Gasteiger partial charge is 0.389 e. The first-order valence-corrected chi connectivity index (χ1v) is 6.13. The SMILES string of the molecule is CC(C)CCN(C)c1cccc(F)c1C(N)=S. The minimum atomic E-state index is -0.355. The quantitative estimate of drug-likeness (QED) is 0.819. The van der Waals surface area contributed by atoms with E-state index in [1.165, 1.54) is 6.07 Å². The normalized spacial score (nSPS) is 10.6. The zero-order chi connectivity index (χ0) is 13.0. The Bertz CT molecular complexity index is 404. The maximum atomic E-state index is 13.7. The summed E-state index contributed by atoms with van der Waals surface area (Å²) in [6, 6.07) is 4.91. The molecule has 0 aromatic heterocycles. The summed E-state index contributed by atoms with van der Waals surface area (Å²) >= 11 is 4.90. The number of nitrogens with two attached hydrogens (primary N) is 1. The van der Waals surface area contributed by atoms with Gasteiger partial charge in [-0.05, 0) is 24.5 Å². The second-order valence-corrected chi connectivity index (χ2v) is 5.04. The van der Waals surface area contributed by atoms with Crippen molar-refractivity contribution in [2.75, 3.05) is 18.5 Å². The third kappa shape index (κ3) is 3.66. The molecule has 0 aliphatic heterocycles. The van der Waals surface area contributed by atoms with Crippen LogP contribution in [-0.2, 0) is 0 Å². The Kier molecular flexibility index (Phi) is 4.87. The molecule has 0 bridgehead atoms. The van der Waals surface area contributed by atoms with Gasteiger partial charge in [-0.15, -0.1) is 0 Å². The standard InChI is InChI=1S/C13H19FN2S/c1-9(2)7-8-16(3)11-6-4-5-10(14)12(11)13(15)17/h4-6,9H,7-8H2,1-3H3,(H2,15,17). The molecule has 0 spiro atoms. The lowest BCUT2D eigenvalue weighted by molar-refractivity contribution is 0.583. The maximum absolute atomic E-state index is 13.7. The molecule has 0 atom stereocenters. The van der Waals surface area contributed by atoms with E-state index in [1.54, 1.807) is 6.07 Å². The van der Waals surface area contributed by atoms with Crippen LogP contribution in [0.5, 0.6) is 0 Å². The molecule has 0 aliphatic rings. The van der Waals surface area contributed by atoms with Gasteiger partial charge in [-0.1, -0.05) is 32.1 Å². The molecule has 2 nitrogen and oxygen atoms in total. The fourth-order valence-corrected chi connectivity index (χ4v) is 1.85. The van der Waals surface area contributed by atoms with Crippen molar-refractivity contribution in [3.63, 3.8) is 0 Å². The van der Waals surface area contributed by atoms with Gasteiger partial charge in [-0.25, -0.2) is 4.39 Å². The van der Waals surface area contributed by atoms with E-state index in [2.05, 4.69) is 13.8 Å². The molecule has 2 N–H and O–H groups in total. The van der Waals surface area contributed by atoms with Gasteiger partial charge in [0, 0.05) is 19.3 Å². The molecular weight excluding hydrogens is 235 g/mol. The molecule has 4 heteroatoms. The first-order valence-electron chi connectivity index (χ1n) is 5.73. The molecule has 17 heavy (non-hydrogen) atoms. The van der Waals surface area contributed by atoms with Crippen molar-refractivity contribution in [1.82, 2.24) is 0 Å². The van der Waals surface area contributed by atoms with Crippen LogP contribution in [-0.4, -0.2) is 18.6 Å². The summed E-state index contributed by atoms with van der Waals surface area (Å²) in [4.78, 5) is 2.10. The summed E-state index contributed by atoms with van der Waals surface area (Å²) in [7, 11) is 1.93. The van der Waals surface area contributed by atoms with Gasteiger partial charge in [0.05, 0.1) is 5.56 Å². The molecule has 0 radical (unpaired) electrons. The van der Waals surface area contributed by atoms with E-state index in [1.807, 2.05) is 18.0 Å². The van der Waals surface area contributed by atoms with E-state index in [9.17, 15) is 4.39 Å². The van der Waals surface area contributed by atoms with Crippen molar-refractivity contribution < 1.29 is 4.39 Å². The predicted octanol–water partition coefficient (Wildman–Crippen LogP) is 2.94. The Hall–Kier alpha value is -1.16. The third-order valence-corrected chi connectivity index (χ3v) is 2.90. The van der Waals surface area contributed by atoms with E-state index >= 15 is 0 Å². The Morgan fingerprint density at radius 1 is 1.47 bits per heavy atom. The van der Waals surface area contributed by atoms with Crippen LogP contribution in [0.25, 0.3) is 0 Å². The zero-order valence-electron chi connectivity index (χ0n) is 10.5. The van der Waals surface area contributed by atoms with E-state index < -0.39 is 0 Å². The van der Waals surface area contributed by atoms with Crippen molar-refractivity contribution in [1.29, 1.82) is 0 Å². The number of hydrogen-bond acceptors (Lipinski definition) is 2. The van der Waals surface area contributed by atoms with Gasteiger partial charge in [0.15, 0.2) is 0 Å². The van der Waals surface area contributed by atoms with Crippen LogP contribution < -0.4 is 10.6 Å². The first-order chi connectivity index (χ1) is 7.93. The lowest BCUT2D eigenvalue weighted by atomic mass is 10.1. The molecule has 0 unspecified atom stereocenters. The van der Waals surface area contributed by atoms with Gasteiger partial charge in [-0.2, -0.15) is 0 Å². The molecule has 1 aromatic rings. The molecule has 0 saturated carbocycles. The van der Waals surface area contributed by atoms with Gasteiger partial charge < -0.3 is 10.6 Å². The van der Waals surface area contributed by atoms with Crippen LogP contribution in [0.15, 0.2) is 18.2 Å². The van der Waals surface area contributed by atoms with Crippen molar-refractivity contribution in [3.05, 3.63) is 29.6 Å². The highest BCUT2D eigenvalue weighted by Gasteiger charge is 2.14. The molecule has 0 aliphatic carbocycles. The van der Waals surface area contributed by atoms with Crippen LogP contribution >= 0.6 is 12.2 Å². The summed E-state index contributed by atoms with van der Waals surface area (Å²) in [5.74, 6) is 0.255. The Morgan fingerprint density at radius 3 is 2.65 bits per heavy atom. The summed E-state index contributed by atoms with van der Waals surface area (Å²) < 4.78 is 13.7. The minimum absolute atomic E-state index is 0.106. The second-order valence-electron chi connectivity index (χ2n) is 4.60. The van der Waals surface area contributed by atoms with E-state index in [0.29, 0.717) is 11.5 Å². The fourth-order valence-electron chi connectivity index (χ4n) is 1.65. The maximum Gasteiger partial charge on any atom is 0.135 e. The number of rotatable bonds is 5. The monoisotopic (exact) mass is 254 g/mol. The number of nitrogens with zero attached hydrogens (tertiary/aromatic N) is 1. The van der Waals surface area contributed by atoms with Gasteiger partial charge in [0.2, 0.25) is 0 Å². The lowest BCUT2D eigenvalue weighted by Gasteiger charge is -2.23. The van der Waals surface area contributed by atoms with Crippen LogP contribution in [0.4, 0.5) is 10.1 Å². The summed E-state index contributed by atoms with van der Waals surface area (Å²) in [6.07, 6.45) is 1.05. The zero-order valence-corrected chi connectivity index (χ0v) is 11.4. The van der Waals surface area contributed by atoms with E-state index in [-0.39, 0.29) is 10.8 Å². The summed E-state index contributed by atoms with van der Waals surface area (Å²) in [6.45, 7) is 5.18. The summed E-state index contributed by atoms with van der Waals surface area (Å²) in [5.41, 5.74) is 6.68. The molecule has 0 saturated heterocycles. The number of halogens is 1. The smallest absolute Gasteiger partial charge is 0.135 e. The average molecular weight is 254 g/mol. The predicted molar refractivity (Wildman–Crippen MR) is 75.0 cm³/mol. The minimum Gasteiger partial charge on any atom is -0.389 e. The van der Waals surface area contributed by atoms with E-state index in [0.717, 1.165) is 18.7 Å². The Morgan fingerprint density at radius 2 is 2.12 bits per heavy atom. The average Bonchev–Trinajstić information content (AvgIpc) is 2.24. The van der Waals surface area contributed by atoms with Crippen molar-refractivity contribution in [2.24, 2.45) is 11.7 Å². The molecule has 1 aromatic carbocycles. The highest BCUT2D eigenvalue weighted by Crippen LogP contribution is 2.22. The molecule has 0 amide bonds. The highest BCUT2D eigenvalue weighted by molar-refractivity contribution is 7.80. The molecule has 0 fully saturated rings. The second kappa shape index (κ2) is 5.96. The number of hydrogen-bond donors (Lipinski definition) is 1. The summed E-state index contributed by atoms with van der Waals surface area (Å²) in [5, 5.41) is 0. The molecule has 0 heterocycles. The number of benzene rings is 1. The van der Waals surface area contributed by atoms with Crippen LogP contribution in [0, 0.1) is 11.7 Å². The molecule has 94 valence electrons. The topological polar surface area (TPSA) is 29.3 Å². The number of anilines is 1. The van der Waals surface area contributed by atoms with Crippen LogP contribution in [0.1, 0.15) is 25.8 Å². The van der Waals surface area contributed by atoms with Gasteiger partial charge in [0.1, 0.15) is 10.8 Å². The first kappa shape index (κ1) is 13.9. The number of thiocarbonyl (C=S) groups is 1. The van der Waals surface area contributed by atoms with Crippen molar-refractivity contribution >= 4 is 22.9 Å². The van der Waals surface area contributed by atoms with Crippen molar-refractivity contribution in [2.45, 2.75) is 20.3 Å².